The molecule has 2 N–H and O–H groups in total. The van der Waals surface area contributed by atoms with Crippen LogP contribution in [0.15, 0.2) is 0 Å². The first-order chi connectivity index (χ1) is 5.93. The van der Waals surface area contributed by atoms with E-state index >= 15 is 0 Å². The van der Waals surface area contributed by atoms with E-state index in [0.717, 1.165) is 12.5 Å². The smallest absolute Gasteiger partial charge is 0.00272 e. The maximum atomic E-state index is 5.59. The van der Waals surface area contributed by atoms with E-state index in [0.29, 0.717) is 11.3 Å². The van der Waals surface area contributed by atoms with Crippen molar-refractivity contribution in [3.63, 3.8) is 0 Å². The van der Waals surface area contributed by atoms with Crippen LogP contribution in [-0.4, -0.2) is 31.1 Å². The molecule has 0 bridgehead atoms. The Hall–Kier alpha value is -0.0800. The molecule has 1 rings (SSSR count). The zero-order chi connectivity index (χ0) is 10.1. The topological polar surface area (TPSA) is 29.3 Å². The van der Waals surface area contributed by atoms with Crippen LogP contribution in [0.1, 0.15) is 27.7 Å². The van der Waals surface area contributed by atoms with Gasteiger partial charge in [-0.1, -0.05) is 27.7 Å². The second-order valence-corrected chi connectivity index (χ2v) is 5.62. The monoisotopic (exact) mass is 184 g/mol. The molecule has 1 fully saturated rings. The molecule has 0 aliphatic carbocycles. The van der Waals surface area contributed by atoms with Gasteiger partial charge in [0.25, 0.3) is 0 Å². The molecule has 78 valence electrons. The van der Waals surface area contributed by atoms with Crippen molar-refractivity contribution in [2.45, 2.75) is 27.7 Å². The summed E-state index contributed by atoms with van der Waals surface area (Å²) in [7, 11) is 0. The number of nitrogens with two attached hydrogens (primary N) is 1. The number of hydrogen-bond acceptors (Lipinski definition) is 2. The number of hydrogen-bond donors (Lipinski definition) is 1. The minimum atomic E-state index is 0.489. The molecule has 1 atom stereocenters. The molecular formula is C11H24N2. The highest BCUT2D eigenvalue weighted by Gasteiger charge is 2.35. The summed E-state index contributed by atoms with van der Waals surface area (Å²) in [5, 5.41) is 0. The third-order valence-electron chi connectivity index (χ3n) is 3.15. The van der Waals surface area contributed by atoms with Crippen LogP contribution < -0.4 is 5.73 Å². The van der Waals surface area contributed by atoms with E-state index in [-0.39, 0.29) is 0 Å². The van der Waals surface area contributed by atoms with Crippen molar-refractivity contribution in [1.29, 1.82) is 0 Å². The Kier molecular flexibility index (Phi) is 3.36. The van der Waals surface area contributed by atoms with Gasteiger partial charge in [0.05, 0.1) is 0 Å². The average Bonchev–Trinajstić information content (AvgIpc) is 1.92. The zero-order valence-electron chi connectivity index (χ0n) is 9.51. The predicted molar refractivity (Wildman–Crippen MR) is 57.6 cm³/mol. The largest absolute Gasteiger partial charge is 0.330 e. The van der Waals surface area contributed by atoms with E-state index in [2.05, 4.69) is 32.6 Å². The summed E-state index contributed by atoms with van der Waals surface area (Å²) in [5.41, 5.74) is 6.08. The van der Waals surface area contributed by atoms with Gasteiger partial charge in [-0.05, 0) is 23.8 Å². The molecule has 0 aromatic heterocycles. The molecule has 13 heavy (non-hydrogen) atoms. The lowest BCUT2D eigenvalue weighted by Gasteiger charge is -2.47. The van der Waals surface area contributed by atoms with Gasteiger partial charge in [-0.3, -0.25) is 0 Å². The van der Waals surface area contributed by atoms with E-state index in [1.165, 1.54) is 19.6 Å². The molecule has 2 heteroatoms. The SMILES string of the molecule is CC(CN)CN1CC(C(C)(C)C)C1. The average molecular weight is 184 g/mol. The second kappa shape index (κ2) is 3.97. The Balaban J connectivity index is 2.19. The normalized spacial score (nSPS) is 22.8. The fourth-order valence-corrected chi connectivity index (χ4v) is 1.78. The molecular weight excluding hydrogens is 160 g/mol. The van der Waals surface area contributed by atoms with E-state index < -0.39 is 0 Å². The molecule has 1 unspecified atom stereocenters. The van der Waals surface area contributed by atoms with Crippen LogP contribution in [0, 0.1) is 17.3 Å². The summed E-state index contributed by atoms with van der Waals surface area (Å²) in [4.78, 5) is 2.52. The van der Waals surface area contributed by atoms with Crippen molar-refractivity contribution >= 4 is 0 Å². The van der Waals surface area contributed by atoms with Gasteiger partial charge >= 0.3 is 0 Å². The molecule has 0 radical (unpaired) electrons. The third-order valence-corrected chi connectivity index (χ3v) is 3.15. The summed E-state index contributed by atoms with van der Waals surface area (Å²) in [6.45, 7) is 13.8. The van der Waals surface area contributed by atoms with Gasteiger partial charge in [-0.25, -0.2) is 0 Å². The number of likely N-dealkylation sites (tertiary alicyclic amines) is 1. The third kappa shape index (κ3) is 2.96. The van der Waals surface area contributed by atoms with Crippen molar-refractivity contribution in [3.8, 4) is 0 Å². The lowest BCUT2D eigenvalue weighted by molar-refractivity contribution is 0.0164. The standard InChI is InChI=1S/C11H24N2/c1-9(5-12)6-13-7-10(8-13)11(2,3)4/h9-10H,5-8,12H2,1-4H3. The molecule has 0 aromatic carbocycles. The van der Waals surface area contributed by atoms with Crippen LogP contribution in [0.4, 0.5) is 0 Å². The highest BCUT2D eigenvalue weighted by atomic mass is 15.2. The summed E-state index contributed by atoms with van der Waals surface area (Å²) in [5.74, 6) is 1.54. The molecule has 2 nitrogen and oxygen atoms in total. The minimum absolute atomic E-state index is 0.489. The van der Waals surface area contributed by atoms with E-state index in [9.17, 15) is 0 Å². The van der Waals surface area contributed by atoms with Crippen molar-refractivity contribution < 1.29 is 0 Å². The van der Waals surface area contributed by atoms with Crippen molar-refractivity contribution in [2.75, 3.05) is 26.2 Å². The predicted octanol–water partition coefficient (Wildman–Crippen LogP) is 1.56. The van der Waals surface area contributed by atoms with Crippen LogP contribution in [-0.2, 0) is 0 Å². The first kappa shape index (κ1) is 11.0. The number of rotatable bonds is 3. The number of nitrogens with zero attached hydrogens (tertiary/aromatic N) is 1. The highest BCUT2D eigenvalue weighted by Crippen LogP contribution is 2.33. The molecule has 0 amide bonds. The van der Waals surface area contributed by atoms with Crippen molar-refractivity contribution in [2.24, 2.45) is 23.0 Å². The van der Waals surface area contributed by atoms with Gasteiger partial charge in [-0.2, -0.15) is 0 Å². The Labute approximate surface area is 82.5 Å². The van der Waals surface area contributed by atoms with E-state index in [1.54, 1.807) is 0 Å². The molecule has 1 aliphatic rings. The van der Waals surface area contributed by atoms with Crippen LogP contribution in [0.25, 0.3) is 0 Å². The second-order valence-electron chi connectivity index (χ2n) is 5.62. The highest BCUT2D eigenvalue weighted by molar-refractivity contribution is 4.88. The lowest BCUT2D eigenvalue weighted by Crippen LogP contribution is -2.53. The Morgan fingerprint density at radius 1 is 1.38 bits per heavy atom. The molecule has 1 saturated heterocycles. The Morgan fingerprint density at radius 2 is 1.92 bits per heavy atom. The molecule has 0 saturated carbocycles. The maximum Gasteiger partial charge on any atom is 0.00272 e. The quantitative estimate of drug-likeness (QED) is 0.721. The summed E-state index contributed by atoms with van der Waals surface area (Å²) < 4.78 is 0. The van der Waals surface area contributed by atoms with Gasteiger partial charge in [0.15, 0.2) is 0 Å². The summed E-state index contributed by atoms with van der Waals surface area (Å²) >= 11 is 0. The Morgan fingerprint density at radius 3 is 2.31 bits per heavy atom. The molecule has 1 heterocycles. The van der Waals surface area contributed by atoms with Gasteiger partial charge in [-0.15, -0.1) is 0 Å². The van der Waals surface area contributed by atoms with Crippen molar-refractivity contribution in [1.82, 2.24) is 4.90 Å². The van der Waals surface area contributed by atoms with Crippen LogP contribution in [0.3, 0.4) is 0 Å². The summed E-state index contributed by atoms with van der Waals surface area (Å²) in [6.07, 6.45) is 0. The van der Waals surface area contributed by atoms with Crippen LogP contribution in [0.5, 0.6) is 0 Å². The van der Waals surface area contributed by atoms with Crippen LogP contribution >= 0.6 is 0 Å². The molecule has 0 spiro atoms. The van der Waals surface area contributed by atoms with Gasteiger partial charge < -0.3 is 10.6 Å². The van der Waals surface area contributed by atoms with Crippen molar-refractivity contribution in [3.05, 3.63) is 0 Å². The fraction of sp³-hybridized carbons (Fsp3) is 1.00. The first-order valence-corrected chi connectivity index (χ1v) is 5.36. The van der Waals surface area contributed by atoms with Gasteiger partial charge in [0.1, 0.15) is 0 Å². The Bertz CT molecular complexity index is 154. The minimum Gasteiger partial charge on any atom is -0.330 e. The zero-order valence-corrected chi connectivity index (χ0v) is 9.51. The van der Waals surface area contributed by atoms with Gasteiger partial charge in [0, 0.05) is 19.6 Å². The van der Waals surface area contributed by atoms with Crippen LogP contribution in [0.2, 0.25) is 0 Å². The molecule has 0 aromatic rings. The fourth-order valence-electron chi connectivity index (χ4n) is 1.78. The first-order valence-electron chi connectivity index (χ1n) is 5.36. The molecule has 1 aliphatic heterocycles. The summed E-state index contributed by atoms with van der Waals surface area (Å²) in [6, 6.07) is 0. The van der Waals surface area contributed by atoms with Gasteiger partial charge in [0.2, 0.25) is 0 Å². The van der Waals surface area contributed by atoms with E-state index in [4.69, 9.17) is 5.73 Å². The maximum absolute atomic E-state index is 5.59. The van der Waals surface area contributed by atoms with E-state index in [1.807, 2.05) is 0 Å². The lowest BCUT2D eigenvalue weighted by atomic mass is 9.76.